The summed E-state index contributed by atoms with van der Waals surface area (Å²) in [6.07, 6.45) is 8.16. The van der Waals surface area contributed by atoms with Gasteiger partial charge < -0.3 is 10.2 Å². The average Bonchev–Trinajstić information content (AvgIpc) is 3.06. The van der Waals surface area contributed by atoms with Crippen LogP contribution in [-0.4, -0.2) is 40.3 Å². The van der Waals surface area contributed by atoms with E-state index in [-0.39, 0.29) is 29.8 Å². The van der Waals surface area contributed by atoms with Crippen LogP contribution in [0.1, 0.15) is 49.1 Å². The van der Waals surface area contributed by atoms with Crippen molar-refractivity contribution in [3.8, 4) is 0 Å². The molecule has 2 aliphatic rings. The molecule has 0 saturated carbocycles. The van der Waals surface area contributed by atoms with Crippen LogP contribution < -0.4 is 5.32 Å². The Bertz CT molecular complexity index is 809. The molecular formula is C23H27N3O2. The number of nitrogens with zero attached hydrogens (tertiary/aromatic N) is 2. The Balaban J connectivity index is 1.54. The molecule has 28 heavy (non-hydrogen) atoms. The first kappa shape index (κ1) is 18.7. The van der Waals surface area contributed by atoms with Crippen LogP contribution in [0, 0.1) is 0 Å². The van der Waals surface area contributed by atoms with Crippen molar-refractivity contribution in [1.29, 1.82) is 0 Å². The molecule has 5 heteroatoms. The second kappa shape index (κ2) is 8.55. The van der Waals surface area contributed by atoms with Crippen LogP contribution >= 0.6 is 0 Å². The van der Waals surface area contributed by atoms with Crippen LogP contribution in [0.5, 0.6) is 0 Å². The molecule has 3 atom stereocenters. The highest BCUT2D eigenvalue weighted by Crippen LogP contribution is 2.36. The Morgan fingerprint density at radius 3 is 2.68 bits per heavy atom. The summed E-state index contributed by atoms with van der Waals surface area (Å²) in [5.74, 6) is 0.444. The van der Waals surface area contributed by atoms with E-state index in [0.29, 0.717) is 19.4 Å². The number of benzene rings is 1. The van der Waals surface area contributed by atoms with Gasteiger partial charge in [-0.25, -0.2) is 0 Å². The van der Waals surface area contributed by atoms with Crippen LogP contribution in [-0.2, 0) is 16.0 Å². The standard InChI is InChI=1S/C23H27N3O2/c27-21-9-5-4-8-20-23(25-21)19(18-6-2-1-3-7-18)16-26(20)22(28)11-10-17-12-14-24-15-13-17/h1-3,6-7,12-15,19-20,23H,4-5,8-11,16H2,(H,25,27)/t19-,20+,23-/m0/s1. The van der Waals surface area contributed by atoms with Crippen LogP contribution in [0.25, 0.3) is 0 Å². The zero-order valence-electron chi connectivity index (χ0n) is 16.1. The van der Waals surface area contributed by atoms with E-state index in [4.69, 9.17) is 0 Å². The van der Waals surface area contributed by atoms with Crippen molar-refractivity contribution in [3.05, 3.63) is 66.0 Å². The molecule has 0 bridgehead atoms. The van der Waals surface area contributed by atoms with Crippen molar-refractivity contribution in [2.75, 3.05) is 6.54 Å². The van der Waals surface area contributed by atoms with Gasteiger partial charge in [-0.05, 0) is 42.5 Å². The molecule has 1 aromatic heterocycles. The molecule has 1 aromatic carbocycles. The minimum Gasteiger partial charge on any atom is -0.351 e. The summed E-state index contributed by atoms with van der Waals surface area (Å²) < 4.78 is 0. The minimum atomic E-state index is 0.0000697. The van der Waals surface area contributed by atoms with E-state index in [1.807, 2.05) is 35.2 Å². The van der Waals surface area contributed by atoms with Crippen LogP contribution in [0.15, 0.2) is 54.9 Å². The van der Waals surface area contributed by atoms with Gasteiger partial charge in [0.2, 0.25) is 11.8 Å². The van der Waals surface area contributed by atoms with Crippen molar-refractivity contribution in [3.63, 3.8) is 0 Å². The quantitative estimate of drug-likeness (QED) is 0.891. The zero-order valence-corrected chi connectivity index (χ0v) is 16.1. The monoisotopic (exact) mass is 377 g/mol. The summed E-state index contributed by atoms with van der Waals surface area (Å²) in [5.41, 5.74) is 2.33. The third-order valence-electron chi connectivity index (χ3n) is 6.05. The largest absolute Gasteiger partial charge is 0.351 e. The topological polar surface area (TPSA) is 62.3 Å². The number of carbonyl (C=O) groups excluding carboxylic acids is 2. The van der Waals surface area contributed by atoms with E-state index in [1.54, 1.807) is 12.4 Å². The zero-order chi connectivity index (χ0) is 19.3. The van der Waals surface area contributed by atoms with Gasteiger partial charge in [-0.2, -0.15) is 0 Å². The lowest BCUT2D eigenvalue weighted by Gasteiger charge is -2.31. The number of aromatic nitrogens is 1. The van der Waals surface area contributed by atoms with Gasteiger partial charge in [0.15, 0.2) is 0 Å². The number of pyridine rings is 1. The number of likely N-dealkylation sites (tertiary alicyclic amines) is 1. The molecule has 0 spiro atoms. The fourth-order valence-electron chi connectivity index (χ4n) is 4.60. The number of nitrogens with one attached hydrogen (secondary N) is 1. The molecule has 2 saturated heterocycles. The van der Waals surface area contributed by atoms with Gasteiger partial charge in [0, 0.05) is 37.7 Å². The Kier molecular flexibility index (Phi) is 5.70. The van der Waals surface area contributed by atoms with Crippen LogP contribution in [0.2, 0.25) is 0 Å². The third-order valence-corrected chi connectivity index (χ3v) is 6.05. The Hall–Kier alpha value is -2.69. The van der Waals surface area contributed by atoms with Crippen molar-refractivity contribution in [2.24, 2.45) is 0 Å². The van der Waals surface area contributed by atoms with Gasteiger partial charge in [0.05, 0.1) is 12.1 Å². The number of aryl methyl sites for hydroxylation is 1. The Morgan fingerprint density at radius 1 is 1.11 bits per heavy atom. The maximum Gasteiger partial charge on any atom is 0.223 e. The summed E-state index contributed by atoms with van der Waals surface area (Å²) in [7, 11) is 0. The predicted molar refractivity (Wildman–Crippen MR) is 108 cm³/mol. The minimum absolute atomic E-state index is 0.0000697. The fourth-order valence-corrected chi connectivity index (χ4v) is 4.60. The number of amides is 2. The molecule has 0 radical (unpaired) electrons. The van der Waals surface area contributed by atoms with E-state index in [1.165, 1.54) is 5.56 Å². The number of rotatable bonds is 4. The number of hydrogen-bond acceptors (Lipinski definition) is 3. The highest BCUT2D eigenvalue weighted by atomic mass is 16.2. The fraction of sp³-hybridized carbons (Fsp3) is 0.435. The second-order valence-corrected chi connectivity index (χ2v) is 7.83. The first-order valence-electron chi connectivity index (χ1n) is 10.2. The summed E-state index contributed by atoms with van der Waals surface area (Å²) >= 11 is 0. The molecule has 5 nitrogen and oxygen atoms in total. The maximum absolute atomic E-state index is 13.1. The Morgan fingerprint density at radius 2 is 1.89 bits per heavy atom. The molecule has 2 amide bonds. The van der Waals surface area contributed by atoms with Gasteiger partial charge in [0.1, 0.15) is 0 Å². The van der Waals surface area contributed by atoms with E-state index in [0.717, 1.165) is 31.2 Å². The lowest BCUT2D eigenvalue weighted by molar-refractivity contribution is -0.133. The molecule has 4 rings (SSSR count). The van der Waals surface area contributed by atoms with Gasteiger partial charge in [-0.3, -0.25) is 14.6 Å². The molecule has 1 N–H and O–H groups in total. The number of fused-ring (bicyclic) bond motifs is 1. The van der Waals surface area contributed by atoms with Crippen molar-refractivity contribution < 1.29 is 9.59 Å². The maximum atomic E-state index is 13.1. The van der Waals surface area contributed by atoms with Crippen molar-refractivity contribution in [2.45, 2.75) is 56.5 Å². The summed E-state index contributed by atoms with van der Waals surface area (Å²) in [4.78, 5) is 31.5. The summed E-state index contributed by atoms with van der Waals surface area (Å²) in [6.45, 7) is 0.675. The average molecular weight is 377 g/mol. The molecular weight excluding hydrogens is 350 g/mol. The van der Waals surface area contributed by atoms with E-state index >= 15 is 0 Å². The van der Waals surface area contributed by atoms with Crippen molar-refractivity contribution >= 4 is 11.8 Å². The molecule has 0 aliphatic carbocycles. The van der Waals surface area contributed by atoms with E-state index < -0.39 is 0 Å². The first-order valence-corrected chi connectivity index (χ1v) is 10.2. The molecule has 0 unspecified atom stereocenters. The first-order chi connectivity index (χ1) is 13.7. The van der Waals surface area contributed by atoms with Crippen LogP contribution in [0.4, 0.5) is 0 Å². The summed E-state index contributed by atoms with van der Waals surface area (Å²) in [5, 5.41) is 3.25. The number of hydrogen-bond donors (Lipinski definition) is 1. The predicted octanol–water partition coefficient (Wildman–Crippen LogP) is 3.07. The lowest BCUT2D eigenvalue weighted by Crippen LogP contribution is -2.48. The SMILES string of the molecule is O=C1CCCC[C@@H]2[C@@H](N1)[C@H](c1ccccc1)CN2C(=O)CCc1ccncc1. The molecule has 146 valence electrons. The number of carbonyl (C=O) groups is 2. The van der Waals surface area contributed by atoms with Gasteiger partial charge >= 0.3 is 0 Å². The second-order valence-electron chi connectivity index (χ2n) is 7.83. The normalized spacial score (nSPS) is 24.8. The van der Waals surface area contributed by atoms with Gasteiger partial charge in [0.25, 0.3) is 0 Å². The van der Waals surface area contributed by atoms with E-state index in [2.05, 4.69) is 22.4 Å². The highest BCUT2D eigenvalue weighted by molar-refractivity contribution is 5.79. The van der Waals surface area contributed by atoms with Gasteiger partial charge in [-0.1, -0.05) is 36.8 Å². The Labute approximate surface area is 166 Å². The lowest BCUT2D eigenvalue weighted by atomic mass is 9.88. The van der Waals surface area contributed by atoms with E-state index in [9.17, 15) is 9.59 Å². The third kappa shape index (κ3) is 4.08. The molecule has 3 heterocycles. The molecule has 2 fully saturated rings. The van der Waals surface area contributed by atoms with Gasteiger partial charge in [-0.15, -0.1) is 0 Å². The van der Waals surface area contributed by atoms with Crippen LogP contribution in [0.3, 0.4) is 0 Å². The summed E-state index contributed by atoms with van der Waals surface area (Å²) in [6, 6.07) is 14.3. The highest BCUT2D eigenvalue weighted by Gasteiger charge is 2.45. The molecule has 2 aromatic rings. The van der Waals surface area contributed by atoms with Crippen molar-refractivity contribution in [1.82, 2.24) is 15.2 Å². The molecule has 2 aliphatic heterocycles. The smallest absolute Gasteiger partial charge is 0.223 e.